The van der Waals surface area contributed by atoms with Gasteiger partial charge in [0, 0.05) is 25.3 Å². The fourth-order valence-electron chi connectivity index (χ4n) is 5.03. The highest BCUT2D eigenvalue weighted by Gasteiger charge is 2.11. The third kappa shape index (κ3) is 27.2. The Hall–Kier alpha value is -0.180. The first-order chi connectivity index (χ1) is 18.3. The summed E-state index contributed by atoms with van der Waals surface area (Å²) in [5.74, 6) is 2.67. The number of nitrogens with zero attached hydrogens (tertiary/aromatic N) is 2. The zero-order valence-corrected chi connectivity index (χ0v) is 27.1. The lowest BCUT2D eigenvalue weighted by Gasteiger charge is -2.25. The monoisotopic (exact) mass is 539 g/mol. The van der Waals surface area contributed by atoms with Gasteiger partial charge in [-0.1, -0.05) is 163 Å². The van der Waals surface area contributed by atoms with Crippen molar-refractivity contribution in [3.63, 3.8) is 0 Å². The number of amidine groups is 1. The molecular weight excluding hydrogens is 468 g/mol. The molecule has 0 aliphatic rings. The van der Waals surface area contributed by atoms with Gasteiger partial charge in [-0.2, -0.15) is 0 Å². The van der Waals surface area contributed by atoms with Crippen LogP contribution in [0.25, 0.3) is 0 Å². The van der Waals surface area contributed by atoms with Crippen molar-refractivity contribution in [2.75, 3.05) is 18.8 Å². The molecule has 0 atom stereocenters. The Kier molecular flexibility index (Phi) is 31.9. The maximum absolute atomic E-state index is 5.19. The lowest BCUT2D eigenvalue weighted by Crippen LogP contribution is -2.26. The van der Waals surface area contributed by atoms with Crippen LogP contribution in [0.5, 0.6) is 0 Å². The molecule has 0 fully saturated rings. The highest BCUT2D eigenvalue weighted by Crippen LogP contribution is 2.20. The average Bonchev–Trinajstić information content (AvgIpc) is 2.91. The van der Waals surface area contributed by atoms with E-state index < -0.39 is 0 Å². The van der Waals surface area contributed by atoms with Crippen molar-refractivity contribution in [2.24, 2.45) is 4.99 Å². The first-order valence-corrected chi connectivity index (χ1v) is 18.2. The summed E-state index contributed by atoms with van der Waals surface area (Å²) < 4.78 is 2.63. The third-order valence-electron chi connectivity index (χ3n) is 7.53. The summed E-state index contributed by atoms with van der Waals surface area (Å²) in [6, 6.07) is 0. The molecule has 0 saturated carbocycles. The summed E-state index contributed by atoms with van der Waals surface area (Å²) in [6.45, 7) is 11.5. The first-order valence-electron chi connectivity index (χ1n) is 17.2. The minimum atomic E-state index is 1.04. The van der Waals surface area contributed by atoms with Crippen LogP contribution in [0.2, 0.25) is 0 Å². The van der Waals surface area contributed by atoms with Gasteiger partial charge in [0.1, 0.15) is 5.84 Å². The molecule has 0 saturated heterocycles. The predicted molar refractivity (Wildman–Crippen MR) is 174 cm³/mol. The highest BCUT2D eigenvalue weighted by molar-refractivity contribution is 7.97. The Morgan fingerprint density at radius 2 is 0.865 bits per heavy atom. The maximum Gasteiger partial charge on any atom is 0.109 e. The summed E-state index contributed by atoms with van der Waals surface area (Å²) in [6.07, 6.45) is 35.9. The Bertz CT molecular complexity index is 451. The van der Waals surface area contributed by atoms with E-state index in [0.29, 0.717) is 0 Å². The molecule has 0 amide bonds. The van der Waals surface area contributed by atoms with E-state index in [9.17, 15) is 0 Å². The van der Waals surface area contributed by atoms with Crippen LogP contribution in [0.4, 0.5) is 0 Å². The summed E-state index contributed by atoms with van der Waals surface area (Å²) in [5, 5.41) is 0. The smallest absolute Gasteiger partial charge is 0.109 e. The maximum atomic E-state index is 5.19. The highest BCUT2D eigenvalue weighted by atomic mass is 32.2. The van der Waals surface area contributed by atoms with Crippen LogP contribution in [0.1, 0.15) is 195 Å². The van der Waals surface area contributed by atoms with Gasteiger partial charge in [0.15, 0.2) is 0 Å². The number of rotatable bonds is 30. The molecule has 0 aliphatic carbocycles. The molecule has 0 radical (unpaired) electrons. The summed E-state index contributed by atoms with van der Waals surface area (Å²) in [7, 11) is 0. The number of hydrogen-bond donors (Lipinski definition) is 0. The van der Waals surface area contributed by atoms with Crippen molar-refractivity contribution in [1.82, 2.24) is 4.31 Å². The van der Waals surface area contributed by atoms with E-state index in [0.717, 1.165) is 13.0 Å². The summed E-state index contributed by atoms with van der Waals surface area (Å²) >= 11 is 2.10. The van der Waals surface area contributed by atoms with Gasteiger partial charge in [0.2, 0.25) is 0 Å². The molecule has 0 aliphatic heterocycles. The zero-order chi connectivity index (χ0) is 27.1. The van der Waals surface area contributed by atoms with E-state index in [1.54, 1.807) is 0 Å². The molecule has 2 nitrogen and oxygen atoms in total. The van der Waals surface area contributed by atoms with Crippen LogP contribution in [0.3, 0.4) is 0 Å². The topological polar surface area (TPSA) is 15.6 Å². The lowest BCUT2D eigenvalue weighted by atomic mass is 10.1. The molecule has 0 bridgehead atoms. The molecule has 0 heterocycles. The Morgan fingerprint density at radius 1 is 0.459 bits per heavy atom. The number of aliphatic imine (C=N–C) groups is 1. The molecule has 0 N–H and O–H groups in total. The second-order valence-electron chi connectivity index (χ2n) is 11.4. The molecule has 0 unspecified atom stereocenters. The fourth-order valence-corrected chi connectivity index (χ4v) is 6.14. The van der Waals surface area contributed by atoms with E-state index in [1.807, 2.05) is 0 Å². The molecule has 3 heteroatoms. The van der Waals surface area contributed by atoms with Crippen LogP contribution in [0.15, 0.2) is 4.99 Å². The Morgan fingerprint density at radius 3 is 1.32 bits per heavy atom. The molecule has 0 rings (SSSR count). The van der Waals surface area contributed by atoms with Gasteiger partial charge in [0.05, 0.1) is 0 Å². The van der Waals surface area contributed by atoms with E-state index in [-0.39, 0.29) is 0 Å². The van der Waals surface area contributed by atoms with E-state index in [2.05, 4.69) is 43.9 Å². The minimum absolute atomic E-state index is 1.04. The van der Waals surface area contributed by atoms with E-state index in [4.69, 9.17) is 4.99 Å². The van der Waals surface area contributed by atoms with Crippen molar-refractivity contribution >= 4 is 17.8 Å². The molecule has 222 valence electrons. The van der Waals surface area contributed by atoms with Crippen LogP contribution in [-0.2, 0) is 0 Å². The van der Waals surface area contributed by atoms with Crippen molar-refractivity contribution in [1.29, 1.82) is 0 Å². The number of unbranched alkanes of at least 4 members (excludes halogenated alkanes) is 21. The van der Waals surface area contributed by atoms with Crippen molar-refractivity contribution in [3.05, 3.63) is 0 Å². The zero-order valence-electron chi connectivity index (χ0n) is 26.3. The Balaban J connectivity index is 4.44. The van der Waals surface area contributed by atoms with Gasteiger partial charge < -0.3 is 4.31 Å². The van der Waals surface area contributed by atoms with Crippen LogP contribution < -0.4 is 0 Å². The van der Waals surface area contributed by atoms with Gasteiger partial charge in [0.25, 0.3) is 0 Å². The largest absolute Gasteiger partial charge is 0.304 e. The Labute approximate surface area is 240 Å². The van der Waals surface area contributed by atoms with Gasteiger partial charge >= 0.3 is 0 Å². The predicted octanol–water partition coefficient (Wildman–Crippen LogP) is 12.6. The normalized spacial score (nSPS) is 11.9. The molecule has 0 aromatic rings. The summed E-state index contributed by atoms with van der Waals surface area (Å²) in [4.78, 5) is 5.19. The van der Waals surface area contributed by atoms with Crippen LogP contribution >= 0.6 is 11.9 Å². The minimum Gasteiger partial charge on any atom is -0.304 e. The second-order valence-corrected chi connectivity index (χ2v) is 12.5. The molecule has 37 heavy (non-hydrogen) atoms. The standard InChI is InChI=1S/C34H70N2S/c1-5-9-12-15-18-21-24-27-31-35-34(30-8-4)36(32-28-25-22-19-16-13-10-6-2)37-33-29-26-23-20-17-14-11-7-3/h5-33H2,1-4H3. The van der Waals surface area contributed by atoms with Crippen molar-refractivity contribution < 1.29 is 0 Å². The second kappa shape index (κ2) is 32.0. The van der Waals surface area contributed by atoms with E-state index >= 15 is 0 Å². The van der Waals surface area contributed by atoms with Gasteiger partial charge in [-0.25, -0.2) is 0 Å². The SMILES string of the molecule is CCCCCCCCCCN=C(CCC)N(CCCCCCCCCC)SCCCCCCCCCC. The molecule has 0 aromatic heterocycles. The number of hydrogen-bond acceptors (Lipinski definition) is 2. The summed E-state index contributed by atoms with van der Waals surface area (Å²) in [5.41, 5.74) is 0. The lowest BCUT2D eigenvalue weighted by molar-refractivity contribution is 0.535. The third-order valence-corrected chi connectivity index (χ3v) is 8.70. The van der Waals surface area contributed by atoms with Gasteiger partial charge in [-0.05, 0) is 37.6 Å². The van der Waals surface area contributed by atoms with Gasteiger partial charge in [-0.15, -0.1) is 0 Å². The molecule has 0 aromatic carbocycles. The fraction of sp³-hybridized carbons (Fsp3) is 0.971. The quantitative estimate of drug-likeness (QED) is 0.0391. The van der Waals surface area contributed by atoms with Gasteiger partial charge in [-0.3, -0.25) is 4.99 Å². The van der Waals surface area contributed by atoms with Crippen LogP contribution in [-0.4, -0.2) is 29.0 Å². The van der Waals surface area contributed by atoms with Crippen LogP contribution in [0, 0.1) is 0 Å². The molecular formula is C34H70N2S. The van der Waals surface area contributed by atoms with Crippen molar-refractivity contribution in [2.45, 2.75) is 195 Å². The van der Waals surface area contributed by atoms with E-state index in [1.165, 1.54) is 179 Å². The first kappa shape index (κ1) is 36.8. The molecule has 0 spiro atoms. The average molecular weight is 539 g/mol. The van der Waals surface area contributed by atoms with Crippen molar-refractivity contribution in [3.8, 4) is 0 Å².